The zero-order chi connectivity index (χ0) is 14.5. The van der Waals surface area contributed by atoms with Crippen molar-refractivity contribution in [3.8, 4) is 0 Å². The summed E-state index contributed by atoms with van der Waals surface area (Å²) < 4.78 is 5.33. The van der Waals surface area contributed by atoms with Crippen LogP contribution in [0.1, 0.15) is 37.2 Å². The number of carboxylic acids is 1. The summed E-state index contributed by atoms with van der Waals surface area (Å²) in [5.74, 6) is 0.0951. The van der Waals surface area contributed by atoms with E-state index >= 15 is 0 Å². The highest BCUT2D eigenvalue weighted by atomic mass is 16.4. The number of carbonyl (C=O) groups is 2. The molecule has 2 unspecified atom stereocenters. The standard InChI is InChI=1S/C15H19NO4/c1-10-5-6-13(20-10)7-8-14(17)16-12-4-2-3-11(9-12)15(18)19/h5-8,11-12H,2-4,9H2,1H3,(H,16,17)(H,18,19). The Morgan fingerprint density at radius 2 is 2.20 bits per heavy atom. The van der Waals surface area contributed by atoms with Crippen LogP contribution in [0, 0.1) is 12.8 Å². The third kappa shape index (κ3) is 3.98. The predicted octanol–water partition coefficient (Wildman–Crippen LogP) is 2.36. The number of furan rings is 1. The number of hydrogen-bond acceptors (Lipinski definition) is 3. The SMILES string of the molecule is Cc1ccc(C=CC(=O)NC2CCCC(C(=O)O)C2)o1. The highest BCUT2D eigenvalue weighted by Gasteiger charge is 2.27. The fourth-order valence-corrected chi connectivity index (χ4v) is 2.50. The van der Waals surface area contributed by atoms with Gasteiger partial charge in [-0.1, -0.05) is 6.42 Å². The molecule has 5 heteroatoms. The van der Waals surface area contributed by atoms with Crippen molar-refractivity contribution in [3.05, 3.63) is 29.7 Å². The maximum Gasteiger partial charge on any atom is 0.306 e. The minimum absolute atomic E-state index is 0.0552. The van der Waals surface area contributed by atoms with Gasteiger partial charge < -0.3 is 14.8 Å². The van der Waals surface area contributed by atoms with Crippen LogP contribution in [0.3, 0.4) is 0 Å². The molecule has 0 bridgehead atoms. The van der Waals surface area contributed by atoms with Gasteiger partial charge in [-0.2, -0.15) is 0 Å². The first kappa shape index (κ1) is 14.4. The fraction of sp³-hybridized carbons (Fsp3) is 0.467. The normalized spacial score (nSPS) is 22.9. The molecule has 0 spiro atoms. The summed E-state index contributed by atoms with van der Waals surface area (Å²) in [6.45, 7) is 1.84. The van der Waals surface area contributed by atoms with Crippen LogP contribution < -0.4 is 5.32 Å². The van der Waals surface area contributed by atoms with E-state index in [-0.39, 0.29) is 17.9 Å². The molecule has 2 rings (SSSR count). The molecule has 1 heterocycles. The zero-order valence-corrected chi connectivity index (χ0v) is 11.5. The molecular formula is C15H19NO4. The number of rotatable bonds is 4. The van der Waals surface area contributed by atoms with Crippen LogP contribution in [0.4, 0.5) is 0 Å². The van der Waals surface area contributed by atoms with Gasteiger partial charge in [0.15, 0.2) is 0 Å². The monoisotopic (exact) mass is 277 g/mol. The van der Waals surface area contributed by atoms with E-state index in [4.69, 9.17) is 9.52 Å². The summed E-state index contributed by atoms with van der Waals surface area (Å²) in [6.07, 6.45) is 5.91. The van der Waals surface area contributed by atoms with Crippen LogP contribution in [-0.2, 0) is 9.59 Å². The number of hydrogen-bond donors (Lipinski definition) is 2. The van der Waals surface area contributed by atoms with Gasteiger partial charge in [-0.15, -0.1) is 0 Å². The summed E-state index contributed by atoms with van der Waals surface area (Å²) in [5, 5.41) is 11.9. The minimum Gasteiger partial charge on any atom is -0.481 e. The number of nitrogens with one attached hydrogen (secondary N) is 1. The number of carbonyl (C=O) groups excluding carboxylic acids is 1. The maximum absolute atomic E-state index is 11.8. The van der Waals surface area contributed by atoms with E-state index in [2.05, 4.69) is 5.32 Å². The Labute approximate surface area is 117 Å². The molecule has 1 aromatic rings. The van der Waals surface area contributed by atoms with Gasteiger partial charge in [-0.3, -0.25) is 9.59 Å². The largest absolute Gasteiger partial charge is 0.481 e. The van der Waals surface area contributed by atoms with Crippen LogP contribution in [0.2, 0.25) is 0 Å². The van der Waals surface area contributed by atoms with Gasteiger partial charge in [-0.25, -0.2) is 0 Å². The number of aliphatic carboxylic acids is 1. The molecule has 2 atom stereocenters. The van der Waals surface area contributed by atoms with Gasteiger partial charge in [-0.05, 0) is 44.4 Å². The first-order chi connectivity index (χ1) is 9.54. The van der Waals surface area contributed by atoms with Gasteiger partial charge in [0.05, 0.1) is 5.92 Å². The molecule has 0 aromatic carbocycles. The Morgan fingerprint density at radius 1 is 1.40 bits per heavy atom. The van der Waals surface area contributed by atoms with E-state index in [0.717, 1.165) is 18.6 Å². The second-order valence-electron chi connectivity index (χ2n) is 5.19. The number of aryl methyl sites for hydroxylation is 1. The lowest BCUT2D eigenvalue weighted by atomic mass is 9.86. The number of amides is 1. The minimum atomic E-state index is -0.773. The van der Waals surface area contributed by atoms with Crippen LogP contribution in [0.5, 0.6) is 0 Å². The Kier molecular flexibility index (Phi) is 4.61. The first-order valence-corrected chi connectivity index (χ1v) is 6.82. The Hall–Kier alpha value is -2.04. The van der Waals surface area contributed by atoms with Crippen molar-refractivity contribution in [1.82, 2.24) is 5.32 Å². The molecule has 108 valence electrons. The van der Waals surface area contributed by atoms with Crippen molar-refractivity contribution in [1.29, 1.82) is 0 Å². The Balaban J connectivity index is 1.85. The average molecular weight is 277 g/mol. The Morgan fingerprint density at radius 3 is 2.85 bits per heavy atom. The first-order valence-electron chi connectivity index (χ1n) is 6.82. The van der Waals surface area contributed by atoms with Crippen molar-refractivity contribution < 1.29 is 19.1 Å². The molecule has 0 aliphatic heterocycles. The van der Waals surface area contributed by atoms with E-state index in [1.807, 2.05) is 13.0 Å². The van der Waals surface area contributed by atoms with Gasteiger partial charge in [0, 0.05) is 12.1 Å². The van der Waals surface area contributed by atoms with Crippen molar-refractivity contribution in [2.24, 2.45) is 5.92 Å². The van der Waals surface area contributed by atoms with E-state index in [0.29, 0.717) is 18.6 Å². The van der Waals surface area contributed by atoms with Crippen LogP contribution >= 0.6 is 0 Å². The molecule has 5 nitrogen and oxygen atoms in total. The second-order valence-corrected chi connectivity index (χ2v) is 5.19. The maximum atomic E-state index is 11.8. The molecule has 20 heavy (non-hydrogen) atoms. The molecule has 0 saturated heterocycles. The molecule has 1 amide bonds. The second kappa shape index (κ2) is 6.41. The van der Waals surface area contributed by atoms with E-state index in [1.54, 1.807) is 12.1 Å². The summed E-state index contributed by atoms with van der Waals surface area (Å²) in [7, 11) is 0. The van der Waals surface area contributed by atoms with Crippen molar-refractivity contribution in [3.63, 3.8) is 0 Å². The lowest BCUT2D eigenvalue weighted by molar-refractivity contribution is -0.143. The molecule has 1 aromatic heterocycles. The highest BCUT2D eigenvalue weighted by molar-refractivity contribution is 5.91. The zero-order valence-electron chi connectivity index (χ0n) is 11.5. The third-order valence-corrected chi connectivity index (χ3v) is 3.53. The molecule has 1 saturated carbocycles. The van der Waals surface area contributed by atoms with Crippen molar-refractivity contribution in [2.75, 3.05) is 0 Å². The highest BCUT2D eigenvalue weighted by Crippen LogP contribution is 2.24. The van der Waals surface area contributed by atoms with Crippen LogP contribution in [0.25, 0.3) is 6.08 Å². The van der Waals surface area contributed by atoms with Crippen LogP contribution in [-0.4, -0.2) is 23.0 Å². The lowest BCUT2D eigenvalue weighted by Gasteiger charge is -2.26. The molecule has 0 radical (unpaired) electrons. The average Bonchev–Trinajstić information content (AvgIpc) is 2.82. The van der Waals surface area contributed by atoms with Gasteiger partial charge >= 0.3 is 5.97 Å². The molecule has 1 fully saturated rings. The van der Waals surface area contributed by atoms with E-state index < -0.39 is 5.97 Å². The molecular weight excluding hydrogens is 258 g/mol. The fourth-order valence-electron chi connectivity index (χ4n) is 2.50. The molecule has 2 N–H and O–H groups in total. The number of carboxylic acid groups (broad SMARTS) is 1. The van der Waals surface area contributed by atoms with E-state index in [1.165, 1.54) is 6.08 Å². The summed E-state index contributed by atoms with van der Waals surface area (Å²) in [5.41, 5.74) is 0. The predicted molar refractivity (Wildman–Crippen MR) is 74.0 cm³/mol. The topological polar surface area (TPSA) is 79.5 Å². The van der Waals surface area contributed by atoms with Crippen molar-refractivity contribution in [2.45, 2.75) is 38.6 Å². The molecule has 1 aliphatic rings. The lowest BCUT2D eigenvalue weighted by Crippen LogP contribution is -2.39. The summed E-state index contributed by atoms with van der Waals surface area (Å²) in [6, 6.07) is 3.57. The van der Waals surface area contributed by atoms with Gasteiger partial charge in [0.2, 0.25) is 5.91 Å². The Bertz CT molecular complexity index is 518. The van der Waals surface area contributed by atoms with Crippen LogP contribution in [0.15, 0.2) is 22.6 Å². The quantitative estimate of drug-likeness (QED) is 0.828. The van der Waals surface area contributed by atoms with E-state index in [9.17, 15) is 9.59 Å². The smallest absolute Gasteiger partial charge is 0.306 e. The third-order valence-electron chi connectivity index (χ3n) is 3.53. The van der Waals surface area contributed by atoms with Gasteiger partial charge in [0.1, 0.15) is 11.5 Å². The summed E-state index contributed by atoms with van der Waals surface area (Å²) >= 11 is 0. The van der Waals surface area contributed by atoms with Crippen molar-refractivity contribution >= 4 is 18.0 Å². The summed E-state index contributed by atoms with van der Waals surface area (Å²) in [4.78, 5) is 22.7. The molecule has 1 aliphatic carbocycles. The van der Waals surface area contributed by atoms with Gasteiger partial charge in [0.25, 0.3) is 0 Å².